The Kier molecular flexibility index (Phi) is 5.00. The summed E-state index contributed by atoms with van der Waals surface area (Å²) in [4.78, 5) is 23.4. The van der Waals surface area contributed by atoms with Crippen molar-refractivity contribution in [3.05, 3.63) is 48.3 Å². The van der Waals surface area contributed by atoms with Crippen LogP contribution in [0.4, 0.5) is 11.6 Å². The number of carbonyl (C=O) groups excluding carboxylic acids is 1. The molecule has 2 fully saturated rings. The molecule has 3 heterocycles. The van der Waals surface area contributed by atoms with Gasteiger partial charge in [-0.1, -0.05) is 6.07 Å². The number of amides is 1. The maximum Gasteiger partial charge on any atom is 0.253 e. The maximum atomic E-state index is 12.5. The first-order valence-corrected chi connectivity index (χ1v) is 9.47. The van der Waals surface area contributed by atoms with E-state index in [9.17, 15) is 4.79 Å². The van der Waals surface area contributed by atoms with Gasteiger partial charge in [0.25, 0.3) is 5.91 Å². The number of anilines is 2. The minimum absolute atomic E-state index is 0.0196. The Morgan fingerprint density at radius 1 is 1.00 bits per heavy atom. The van der Waals surface area contributed by atoms with Crippen LogP contribution in [-0.4, -0.2) is 41.0 Å². The highest BCUT2D eigenvalue weighted by Crippen LogP contribution is 2.22. The number of hydrogen-bond donors (Lipinski definition) is 2. The quantitative estimate of drug-likeness (QED) is 0.867. The molecule has 136 valence electrons. The molecule has 0 atom stereocenters. The molecular weight excluding hydrogens is 326 g/mol. The van der Waals surface area contributed by atoms with E-state index in [1.54, 1.807) is 12.4 Å². The fraction of sp³-hybridized carbons (Fsp3) is 0.450. The topological polar surface area (TPSA) is 70.2 Å². The number of aromatic nitrogens is 2. The van der Waals surface area contributed by atoms with Gasteiger partial charge in [0.05, 0.1) is 5.56 Å². The van der Waals surface area contributed by atoms with Gasteiger partial charge in [-0.05, 0) is 56.4 Å². The summed E-state index contributed by atoms with van der Waals surface area (Å²) in [7, 11) is 0. The molecule has 1 aliphatic heterocycles. The first-order valence-electron chi connectivity index (χ1n) is 9.47. The lowest BCUT2D eigenvalue weighted by Crippen LogP contribution is -2.40. The molecule has 0 aromatic carbocycles. The molecule has 2 aromatic rings. The Bertz CT molecular complexity index is 722. The molecule has 1 aliphatic carbocycles. The summed E-state index contributed by atoms with van der Waals surface area (Å²) in [6.07, 6.45) is 8.75. The second-order valence-electron chi connectivity index (χ2n) is 7.13. The fourth-order valence-electron chi connectivity index (χ4n) is 3.56. The van der Waals surface area contributed by atoms with Gasteiger partial charge in [-0.2, -0.15) is 0 Å². The summed E-state index contributed by atoms with van der Waals surface area (Å²) in [5, 5.41) is 6.64. The van der Waals surface area contributed by atoms with Gasteiger partial charge in [0.1, 0.15) is 11.6 Å². The van der Waals surface area contributed by atoms with Crippen molar-refractivity contribution in [2.24, 2.45) is 0 Å². The average Bonchev–Trinajstić information content (AvgIpc) is 2.63. The van der Waals surface area contributed by atoms with E-state index in [1.165, 1.54) is 6.42 Å². The van der Waals surface area contributed by atoms with E-state index in [1.807, 2.05) is 30.3 Å². The van der Waals surface area contributed by atoms with Gasteiger partial charge in [0.2, 0.25) is 0 Å². The van der Waals surface area contributed by atoms with Crippen LogP contribution in [-0.2, 0) is 0 Å². The summed E-state index contributed by atoms with van der Waals surface area (Å²) in [6, 6.07) is 10.4. The third-order valence-electron chi connectivity index (χ3n) is 5.27. The lowest BCUT2D eigenvalue weighted by molar-refractivity contribution is 0.0926. The maximum absolute atomic E-state index is 12.5. The molecule has 0 unspecified atom stereocenters. The summed E-state index contributed by atoms with van der Waals surface area (Å²) >= 11 is 0. The molecule has 26 heavy (non-hydrogen) atoms. The van der Waals surface area contributed by atoms with E-state index < -0.39 is 0 Å². The Morgan fingerprint density at radius 2 is 1.81 bits per heavy atom. The number of nitrogens with zero attached hydrogens (tertiary/aromatic N) is 3. The van der Waals surface area contributed by atoms with Crippen LogP contribution in [0.1, 0.15) is 42.5 Å². The zero-order valence-electron chi connectivity index (χ0n) is 14.9. The molecule has 0 radical (unpaired) electrons. The molecule has 1 amide bonds. The molecule has 1 saturated heterocycles. The predicted octanol–water partition coefficient (Wildman–Crippen LogP) is 2.84. The van der Waals surface area contributed by atoms with Gasteiger partial charge in [0.15, 0.2) is 0 Å². The molecule has 1 saturated carbocycles. The third-order valence-corrected chi connectivity index (χ3v) is 5.27. The molecule has 4 rings (SSSR count). The number of pyridine rings is 2. The van der Waals surface area contributed by atoms with Gasteiger partial charge in [0, 0.05) is 37.6 Å². The van der Waals surface area contributed by atoms with Crippen LogP contribution >= 0.6 is 0 Å². The highest BCUT2D eigenvalue weighted by Gasteiger charge is 2.23. The van der Waals surface area contributed by atoms with Gasteiger partial charge in [-0.3, -0.25) is 4.79 Å². The smallest absolute Gasteiger partial charge is 0.253 e. The van der Waals surface area contributed by atoms with Crippen molar-refractivity contribution in [1.82, 2.24) is 15.3 Å². The number of hydrogen-bond acceptors (Lipinski definition) is 5. The van der Waals surface area contributed by atoms with E-state index in [0.29, 0.717) is 11.6 Å². The average molecular weight is 351 g/mol. The molecule has 6 heteroatoms. The van der Waals surface area contributed by atoms with Crippen molar-refractivity contribution in [1.29, 1.82) is 0 Å². The summed E-state index contributed by atoms with van der Waals surface area (Å²) < 4.78 is 0. The number of carbonyl (C=O) groups is 1. The van der Waals surface area contributed by atoms with Crippen LogP contribution in [0.3, 0.4) is 0 Å². The Hall–Kier alpha value is -2.63. The van der Waals surface area contributed by atoms with E-state index in [0.717, 1.165) is 50.4 Å². The van der Waals surface area contributed by atoms with Gasteiger partial charge in [-0.25, -0.2) is 9.97 Å². The minimum atomic E-state index is -0.0196. The molecular formula is C20H25N5O. The van der Waals surface area contributed by atoms with Crippen LogP contribution in [0.25, 0.3) is 0 Å². The van der Waals surface area contributed by atoms with Crippen molar-refractivity contribution in [3.8, 4) is 0 Å². The van der Waals surface area contributed by atoms with Crippen LogP contribution in [0.15, 0.2) is 42.7 Å². The SMILES string of the molecule is O=C(NC1CCC(Nc2ccccn2)CC1)c1ccc(N2CCC2)nc1. The molecule has 0 bridgehead atoms. The predicted molar refractivity (Wildman–Crippen MR) is 102 cm³/mol. The summed E-state index contributed by atoms with van der Waals surface area (Å²) in [5.41, 5.74) is 0.642. The van der Waals surface area contributed by atoms with Crippen LogP contribution in [0.2, 0.25) is 0 Å². The summed E-state index contributed by atoms with van der Waals surface area (Å²) in [5.74, 6) is 1.87. The zero-order valence-corrected chi connectivity index (χ0v) is 14.9. The third kappa shape index (κ3) is 3.95. The lowest BCUT2D eigenvalue weighted by Gasteiger charge is -2.32. The molecule has 2 aliphatic rings. The second-order valence-corrected chi connectivity index (χ2v) is 7.13. The first-order chi connectivity index (χ1) is 12.8. The molecule has 6 nitrogen and oxygen atoms in total. The van der Waals surface area contributed by atoms with E-state index in [4.69, 9.17) is 0 Å². The van der Waals surface area contributed by atoms with E-state index in [-0.39, 0.29) is 11.9 Å². The van der Waals surface area contributed by atoms with Crippen molar-refractivity contribution >= 4 is 17.5 Å². The Labute approximate surface area is 154 Å². The van der Waals surface area contributed by atoms with Crippen LogP contribution in [0, 0.1) is 0 Å². The van der Waals surface area contributed by atoms with Gasteiger partial charge in [-0.15, -0.1) is 0 Å². The summed E-state index contributed by atoms with van der Waals surface area (Å²) in [6.45, 7) is 2.13. The number of rotatable bonds is 5. The number of nitrogens with one attached hydrogen (secondary N) is 2. The van der Waals surface area contributed by atoms with Gasteiger partial charge < -0.3 is 15.5 Å². The van der Waals surface area contributed by atoms with Crippen LogP contribution < -0.4 is 15.5 Å². The molecule has 2 aromatic heterocycles. The van der Waals surface area contributed by atoms with Gasteiger partial charge >= 0.3 is 0 Å². The van der Waals surface area contributed by atoms with Crippen molar-refractivity contribution in [3.63, 3.8) is 0 Å². The monoisotopic (exact) mass is 351 g/mol. The first kappa shape index (κ1) is 16.8. The van der Waals surface area contributed by atoms with E-state index >= 15 is 0 Å². The zero-order chi connectivity index (χ0) is 17.8. The normalized spacial score (nSPS) is 22.4. The molecule has 2 N–H and O–H groups in total. The highest BCUT2D eigenvalue weighted by molar-refractivity contribution is 5.94. The largest absolute Gasteiger partial charge is 0.367 e. The standard InChI is InChI=1S/C20H25N5O/c26-20(15-5-10-19(22-14-15)25-12-3-13-25)24-17-8-6-16(7-9-17)23-18-4-1-2-11-21-18/h1-2,4-5,10-11,14,16-17H,3,6-9,12-13H2,(H,21,23)(H,24,26). The highest BCUT2D eigenvalue weighted by atomic mass is 16.1. The lowest BCUT2D eigenvalue weighted by atomic mass is 9.91. The van der Waals surface area contributed by atoms with Crippen molar-refractivity contribution < 1.29 is 4.79 Å². The van der Waals surface area contributed by atoms with E-state index in [2.05, 4.69) is 25.5 Å². The fourth-order valence-corrected chi connectivity index (χ4v) is 3.56. The van der Waals surface area contributed by atoms with Crippen molar-refractivity contribution in [2.45, 2.75) is 44.2 Å². The minimum Gasteiger partial charge on any atom is -0.367 e. The Morgan fingerprint density at radius 3 is 2.42 bits per heavy atom. The van der Waals surface area contributed by atoms with Crippen LogP contribution in [0.5, 0.6) is 0 Å². The Balaban J connectivity index is 1.25. The van der Waals surface area contributed by atoms with Crippen molar-refractivity contribution in [2.75, 3.05) is 23.3 Å². The molecule has 0 spiro atoms. The second kappa shape index (κ2) is 7.72.